The van der Waals surface area contributed by atoms with Crippen molar-refractivity contribution in [2.45, 2.75) is 194 Å². The first-order valence-electron chi connectivity index (χ1n) is 20.4. The maximum absolute atomic E-state index is 13.3. The standard InChI is InChI=1S/C41H79NO6P/c1-6-8-10-12-14-16-18-20-22-24-26-28-30-32-34-36-40(43)47-49(45,46-39-38-42(3,4)5)48-41(44)37-35-33-31-29-27-25-23-21-19-17-15-13-11-9-7-2/h20-23H,6-19,24-39H2,1-5H3/q+1/b22-20-,23-21-. The maximum Gasteiger partial charge on any atom is 0.592 e. The zero-order chi connectivity index (χ0) is 36.3. The topological polar surface area (TPSA) is 78.9 Å². The predicted octanol–water partition coefficient (Wildman–Crippen LogP) is 13.0. The fourth-order valence-electron chi connectivity index (χ4n) is 5.52. The van der Waals surface area contributed by atoms with E-state index in [9.17, 15) is 14.2 Å². The van der Waals surface area contributed by atoms with Gasteiger partial charge in [-0.25, -0.2) is 4.57 Å². The first-order valence-corrected chi connectivity index (χ1v) is 21.9. The number of hydrogen-bond acceptors (Lipinski definition) is 6. The summed E-state index contributed by atoms with van der Waals surface area (Å²) in [6.07, 6.45) is 39.9. The minimum absolute atomic E-state index is 0.0577. The number of carbonyl (C=O) groups excluding carboxylic acids is 2. The number of unbranched alkanes of at least 4 members (excludes halogenated alkanes) is 22. The highest BCUT2D eigenvalue weighted by atomic mass is 31.2. The minimum atomic E-state index is -4.32. The van der Waals surface area contributed by atoms with Crippen molar-refractivity contribution < 1.29 is 32.2 Å². The molecule has 0 saturated carbocycles. The van der Waals surface area contributed by atoms with Crippen LogP contribution in [-0.2, 0) is 27.7 Å². The lowest BCUT2D eigenvalue weighted by atomic mass is 10.1. The zero-order valence-electron chi connectivity index (χ0n) is 32.9. The molecule has 0 heterocycles. The Labute approximate surface area is 303 Å². The van der Waals surface area contributed by atoms with Gasteiger partial charge in [-0.05, 0) is 64.2 Å². The highest BCUT2D eigenvalue weighted by Gasteiger charge is 2.35. The van der Waals surface area contributed by atoms with Crippen LogP contribution in [0.25, 0.3) is 0 Å². The summed E-state index contributed by atoms with van der Waals surface area (Å²) in [6, 6.07) is 0. The van der Waals surface area contributed by atoms with Crippen LogP contribution in [0.4, 0.5) is 0 Å². The third kappa shape index (κ3) is 36.2. The Morgan fingerprint density at radius 1 is 0.490 bits per heavy atom. The van der Waals surface area contributed by atoms with Gasteiger partial charge in [-0.3, -0.25) is 14.1 Å². The Bertz CT molecular complexity index is 824. The van der Waals surface area contributed by atoms with E-state index in [4.69, 9.17) is 13.6 Å². The summed E-state index contributed by atoms with van der Waals surface area (Å²) in [7, 11) is 1.61. The minimum Gasteiger partial charge on any atom is -0.361 e. The number of phosphoric ester groups is 1. The van der Waals surface area contributed by atoms with Gasteiger partial charge in [0.25, 0.3) is 0 Å². The van der Waals surface area contributed by atoms with Crippen molar-refractivity contribution in [3.63, 3.8) is 0 Å². The average molecular weight is 713 g/mol. The van der Waals surface area contributed by atoms with Gasteiger partial charge in [-0.15, -0.1) is 0 Å². The Hall–Kier alpha value is -1.43. The van der Waals surface area contributed by atoms with Gasteiger partial charge >= 0.3 is 19.8 Å². The van der Waals surface area contributed by atoms with E-state index in [2.05, 4.69) is 38.2 Å². The summed E-state index contributed by atoms with van der Waals surface area (Å²) >= 11 is 0. The molecule has 0 atom stereocenters. The summed E-state index contributed by atoms with van der Waals surface area (Å²) in [5.41, 5.74) is 0. The highest BCUT2D eigenvalue weighted by Crippen LogP contribution is 2.50. The molecule has 0 aromatic carbocycles. The Balaban J connectivity index is 4.20. The SMILES string of the molecule is CCCCCCCC/C=C\CCCCCCCC(=O)OP(=O)(OCC[N+](C)(C)C)OC(=O)CCCCCCC/C=C\CCCCCCCC. The van der Waals surface area contributed by atoms with Crippen LogP contribution in [-0.4, -0.2) is 50.7 Å². The Morgan fingerprint density at radius 3 is 1.12 bits per heavy atom. The van der Waals surface area contributed by atoms with Crippen molar-refractivity contribution in [2.24, 2.45) is 0 Å². The molecule has 288 valence electrons. The number of likely N-dealkylation sites (N-methyl/N-ethyl adjacent to an activating group) is 1. The Morgan fingerprint density at radius 2 is 0.796 bits per heavy atom. The van der Waals surface area contributed by atoms with Crippen LogP contribution in [0.3, 0.4) is 0 Å². The lowest BCUT2D eigenvalue weighted by Crippen LogP contribution is -2.37. The van der Waals surface area contributed by atoms with Crippen molar-refractivity contribution >= 4 is 19.8 Å². The summed E-state index contributed by atoms with van der Waals surface area (Å²) in [5.74, 6) is -1.28. The lowest BCUT2D eigenvalue weighted by molar-refractivity contribution is -0.870. The number of allylic oxidation sites excluding steroid dienone is 4. The molecule has 0 unspecified atom stereocenters. The first-order chi connectivity index (χ1) is 23.6. The molecular formula is C41H79NO6P+. The van der Waals surface area contributed by atoms with E-state index in [1.807, 2.05) is 21.1 Å². The number of quaternary nitrogens is 1. The molecule has 0 bridgehead atoms. The predicted molar refractivity (Wildman–Crippen MR) is 208 cm³/mol. The molecule has 0 spiro atoms. The van der Waals surface area contributed by atoms with E-state index >= 15 is 0 Å². The summed E-state index contributed by atoms with van der Waals surface area (Å²) in [6.45, 7) is 5.09. The normalized spacial score (nSPS) is 12.3. The fourth-order valence-corrected chi connectivity index (χ4v) is 6.65. The first kappa shape index (κ1) is 47.6. The number of carbonyl (C=O) groups is 2. The van der Waals surface area contributed by atoms with Crippen LogP contribution >= 0.6 is 7.82 Å². The van der Waals surface area contributed by atoms with Gasteiger partial charge < -0.3 is 13.5 Å². The number of rotatable bonds is 36. The second kappa shape index (κ2) is 33.7. The Kier molecular flexibility index (Phi) is 32.7. The van der Waals surface area contributed by atoms with E-state index in [-0.39, 0.29) is 19.4 Å². The molecule has 8 heteroatoms. The monoisotopic (exact) mass is 713 g/mol. The van der Waals surface area contributed by atoms with E-state index in [0.29, 0.717) is 23.9 Å². The molecule has 0 aliphatic carbocycles. The van der Waals surface area contributed by atoms with Gasteiger partial charge in [0.1, 0.15) is 13.2 Å². The van der Waals surface area contributed by atoms with Gasteiger partial charge in [0.05, 0.1) is 21.1 Å². The molecule has 7 nitrogen and oxygen atoms in total. The molecular weight excluding hydrogens is 633 g/mol. The van der Waals surface area contributed by atoms with Crippen LogP contribution in [0.5, 0.6) is 0 Å². The van der Waals surface area contributed by atoms with Gasteiger partial charge in [0.2, 0.25) is 0 Å². The van der Waals surface area contributed by atoms with E-state index in [1.165, 1.54) is 89.9 Å². The van der Waals surface area contributed by atoms with Crippen molar-refractivity contribution in [3.05, 3.63) is 24.3 Å². The molecule has 0 aromatic rings. The fraction of sp³-hybridized carbons (Fsp3) is 0.854. The summed E-state index contributed by atoms with van der Waals surface area (Å²) in [5, 5.41) is 0. The van der Waals surface area contributed by atoms with Crippen molar-refractivity contribution in [1.29, 1.82) is 0 Å². The molecule has 0 aliphatic heterocycles. The smallest absolute Gasteiger partial charge is 0.361 e. The third-order valence-electron chi connectivity index (χ3n) is 8.72. The lowest BCUT2D eigenvalue weighted by Gasteiger charge is -2.24. The van der Waals surface area contributed by atoms with Crippen molar-refractivity contribution in [1.82, 2.24) is 0 Å². The molecule has 0 saturated heterocycles. The summed E-state index contributed by atoms with van der Waals surface area (Å²) in [4.78, 5) is 25.1. The van der Waals surface area contributed by atoms with Gasteiger partial charge in [-0.1, -0.05) is 141 Å². The van der Waals surface area contributed by atoms with E-state index < -0.39 is 19.8 Å². The average Bonchev–Trinajstić information content (AvgIpc) is 3.04. The quantitative estimate of drug-likeness (QED) is 0.0278. The van der Waals surface area contributed by atoms with Gasteiger partial charge in [-0.2, -0.15) is 0 Å². The highest BCUT2D eigenvalue weighted by molar-refractivity contribution is 7.49. The number of phosphoric acid groups is 1. The molecule has 0 radical (unpaired) electrons. The molecule has 0 aromatic heterocycles. The van der Waals surface area contributed by atoms with Crippen LogP contribution in [0.15, 0.2) is 24.3 Å². The van der Waals surface area contributed by atoms with Gasteiger partial charge in [0.15, 0.2) is 0 Å². The molecule has 0 amide bonds. The van der Waals surface area contributed by atoms with Crippen LogP contribution in [0.2, 0.25) is 0 Å². The molecule has 0 fully saturated rings. The maximum atomic E-state index is 13.3. The summed E-state index contributed by atoms with van der Waals surface area (Å²) < 4.78 is 29.7. The second-order valence-corrected chi connectivity index (χ2v) is 16.4. The zero-order valence-corrected chi connectivity index (χ0v) is 33.8. The van der Waals surface area contributed by atoms with Crippen LogP contribution in [0.1, 0.15) is 194 Å². The molecule has 0 rings (SSSR count). The van der Waals surface area contributed by atoms with E-state index in [1.54, 1.807) is 0 Å². The van der Waals surface area contributed by atoms with Gasteiger partial charge in [0, 0.05) is 12.8 Å². The van der Waals surface area contributed by atoms with Crippen molar-refractivity contribution in [3.8, 4) is 0 Å². The van der Waals surface area contributed by atoms with Crippen LogP contribution < -0.4 is 0 Å². The molecule has 0 N–H and O–H groups in total. The largest absolute Gasteiger partial charge is 0.592 e. The second-order valence-electron chi connectivity index (χ2n) is 14.9. The molecule has 49 heavy (non-hydrogen) atoms. The third-order valence-corrected chi connectivity index (χ3v) is 10.1. The van der Waals surface area contributed by atoms with Crippen LogP contribution in [0, 0.1) is 0 Å². The number of nitrogens with zero attached hydrogens (tertiary/aromatic N) is 1. The molecule has 0 aliphatic rings. The van der Waals surface area contributed by atoms with Crippen molar-refractivity contribution in [2.75, 3.05) is 34.3 Å². The van der Waals surface area contributed by atoms with E-state index in [0.717, 1.165) is 64.2 Å². The number of hydrogen-bond donors (Lipinski definition) is 0.